The van der Waals surface area contributed by atoms with Gasteiger partial charge in [0.2, 0.25) is 0 Å². The molecule has 0 radical (unpaired) electrons. The molecule has 0 saturated carbocycles. The molecule has 5 heteroatoms. The number of nitrogens with two attached hydrogens (primary N) is 1. The first-order valence-electron chi connectivity index (χ1n) is 6.67. The van der Waals surface area contributed by atoms with Crippen LogP contribution >= 0.6 is 0 Å². The standard InChI is InChI=1S/C15H17N5/c16-8-5-12-1-3-13(4-2-12)11-17-14-7-10-20-15(19-14)6-9-18-20/h1-4,6-7,9-10H,5,8,11,16H2,(H,17,19). The Morgan fingerprint density at radius 1 is 1.05 bits per heavy atom. The number of fused-ring (bicyclic) bond motifs is 1. The molecule has 5 nitrogen and oxygen atoms in total. The summed E-state index contributed by atoms with van der Waals surface area (Å²) in [6.07, 6.45) is 4.56. The fourth-order valence-corrected chi connectivity index (χ4v) is 2.09. The zero-order valence-electron chi connectivity index (χ0n) is 11.2. The van der Waals surface area contributed by atoms with E-state index in [9.17, 15) is 0 Å². The molecule has 0 spiro atoms. The van der Waals surface area contributed by atoms with Gasteiger partial charge in [-0.1, -0.05) is 24.3 Å². The monoisotopic (exact) mass is 267 g/mol. The molecular formula is C15H17N5. The Bertz CT molecular complexity index is 687. The molecule has 3 aromatic rings. The first-order chi connectivity index (χ1) is 9.85. The maximum atomic E-state index is 5.54. The summed E-state index contributed by atoms with van der Waals surface area (Å²) in [7, 11) is 0. The molecule has 3 N–H and O–H groups in total. The quantitative estimate of drug-likeness (QED) is 0.740. The number of rotatable bonds is 5. The molecule has 0 bridgehead atoms. The highest BCUT2D eigenvalue weighted by Gasteiger charge is 1.99. The maximum Gasteiger partial charge on any atom is 0.157 e. The minimum Gasteiger partial charge on any atom is -0.366 e. The number of aromatic nitrogens is 3. The summed E-state index contributed by atoms with van der Waals surface area (Å²) in [5, 5.41) is 7.44. The van der Waals surface area contributed by atoms with Crippen molar-refractivity contribution in [1.29, 1.82) is 0 Å². The Balaban J connectivity index is 1.66. The van der Waals surface area contributed by atoms with Gasteiger partial charge < -0.3 is 11.1 Å². The molecule has 2 heterocycles. The highest BCUT2D eigenvalue weighted by molar-refractivity contribution is 5.45. The lowest BCUT2D eigenvalue weighted by molar-refractivity contribution is 0.936. The van der Waals surface area contributed by atoms with Gasteiger partial charge in [0.1, 0.15) is 5.82 Å². The van der Waals surface area contributed by atoms with Gasteiger partial charge in [-0.2, -0.15) is 5.10 Å². The first-order valence-corrected chi connectivity index (χ1v) is 6.67. The Labute approximate surface area is 117 Å². The van der Waals surface area contributed by atoms with Crippen molar-refractivity contribution in [2.24, 2.45) is 5.73 Å². The molecule has 102 valence electrons. The van der Waals surface area contributed by atoms with Crippen LogP contribution in [0.25, 0.3) is 5.65 Å². The van der Waals surface area contributed by atoms with E-state index in [-0.39, 0.29) is 0 Å². The Hall–Kier alpha value is -2.40. The van der Waals surface area contributed by atoms with Crippen LogP contribution in [-0.4, -0.2) is 21.1 Å². The van der Waals surface area contributed by atoms with Crippen LogP contribution < -0.4 is 11.1 Å². The fourth-order valence-electron chi connectivity index (χ4n) is 2.09. The van der Waals surface area contributed by atoms with Crippen LogP contribution in [-0.2, 0) is 13.0 Å². The van der Waals surface area contributed by atoms with Crippen LogP contribution in [0.5, 0.6) is 0 Å². The van der Waals surface area contributed by atoms with Crippen LogP contribution in [0.4, 0.5) is 5.82 Å². The molecule has 0 aliphatic heterocycles. The highest BCUT2D eigenvalue weighted by atomic mass is 15.2. The van der Waals surface area contributed by atoms with Gasteiger partial charge in [-0.25, -0.2) is 9.50 Å². The second-order valence-corrected chi connectivity index (χ2v) is 4.66. The number of benzene rings is 1. The van der Waals surface area contributed by atoms with E-state index < -0.39 is 0 Å². The summed E-state index contributed by atoms with van der Waals surface area (Å²) >= 11 is 0. The minimum absolute atomic E-state index is 0.687. The van der Waals surface area contributed by atoms with Crippen molar-refractivity contribution < 1.29 is 0 Å². The van der Waals surface area contributed by atoms with Crippen molar-refractivity contribution in [2.75, 3.05) is 11.9 Å². The molecule has 2 aromatic heterocycles. The molecule has 0 amide bonds. The predicted molar refractivity (Wildman–Crippen MR) is 79.5 cm³/mol. The normalized spacial score (nSPS) is 10.8. The predicted octanol–water partition coefficient (Wildman–Crippen LogP) is 1.84. The summed E-state index contributed by atoms with van der Waals surface area (Å²) in [5.41, 5.74) is 8.88. The molecule has 1 aromatic carbocycles. The van der Waals surface area contributed by atoms with Crippen LogP contribution in [0, 0.1) is 0 Å². The van der Waals surface area contributed by atoms with Crippen LogP contribution in [0.1, 0.15) is 11.1 Å². The fraction of sp³-hybridized carbons (Fsp3) is 0.200. The van der Waals surface area contributed by atoms with Gasteiger partial charge in [-0.15, -0.1) is 0 Å². The van der Waals surface area contributed by atoms with E-state index in [0.717, 1.165) is 24.4 Å². The first kappa shape index (κ1) is 12.6. The van der Waals surface area contributed by atoms with Gasteiger partial charge in [-0.3, -0.25) is 0 Å². The number of hydrogen-bond acceptors (Lipinski definition) is 4. The average molecular weight is 267 g/mol. The van der Waals surface area contributed by atoms with Crippen molar-refractivity contribution in [3.63, 3.8) is 0 Å². The number of hydrogen-bond donors (Lipinski definition) is 2. The Morgan fingerprint density at radius 3 is 2.65 bits per heavy atom. The lowest BCUT2D eigenvalue weighted by Crippen LogP contribution is -2.04. The topological polar surface area (TPSA) is 68.2 Å². The van der Waals surface area contributed by atoms with E-state index in [0.29, 0.717) is 6.54 Å². The average Bonchev–Trinajstić information content (AvgIpc) is 2.94. The second kappa shape index (κ2) is 5.71. The lowest BCUT2D eigenvalue weighted by atomic mass is 10.1. The zero-order valence-corrected chi connectivity index (χ0v) is 11.2. The molecular weight excluding hydrogens is 250 g/mol. The van der Waals surface area contributed by atoms with Crippen LogP contribution in [0.2, 0.25) is 0 Å². The van der Waals surface area contributed by atoms with Gasteiger partial charge >= 0.3 is 0 Å². The van der Waals surface area contributed by atoms with Crippen molar-refractivity contribution in [2.45, 2.75) is 13.0 Å². The second-order valence-electron chi connectivity index (χ2n) is 4.66. The molecule has 20 heavy (non-hydrogen) atoms. The van der Waals surface area contributed by atoms with Gasteiger partial charge in [0.25, 0.3) is 0 Å². The summed E-state index contributed by atoms with van der Waals surface area (Å²) in [5.74, 6) is 0.851. The van der Waals surface area contributed by atoms with Crippen molar-refractivity contribution in [3.8, 4) is 0 Å². The molecule has 0 saturated heterocycles. The number of nitrogens with zero attached hydrogens (tertiary/aromatic N) is 3. The number of anilines is 1. The van der Waals surface area contributed by atoms with Gasteiger partial charge in [0.15, 0.2) is 5.65 Å². The Morgan fingerprint density at radius 2 is 1.85 bits per heavy atom. The van der Waals surface area contributed by atoms with E-state index in [2.05, 4.69) is 39.7 Å². The van der Waals surface area contributed by atoms with E-state index in [4.69, 9.17) is 5.73 Å². The largest absolute Gasteiger partial charge is 0.366 e. The summed E-state index contributed by atoms with van der Waals surface area (Å²) in [4.78, 5) is 4.47. The minimum atomic E-state index is 0.687. The van der Waals surface area contributed by atoms with Gasteiger partial charge in [0.05, 0.1) is 6.20 Å². The van der Waals surface area contributed by atoms with Gasteiger partial charge in [-0.05, 0) is 30.2 Å². The maximum absolute atomic E-state index is 5.54. The zero-order chi connectivity index (χ0) is 13.8. The molecule has 0 aliphatic rings. The lowest BCUT2D eigenvalue weighted by Gasteiger charge is -2.07. The van der Waals surface area contributed by atoms with Crippen molar-refractivity contribution in [1.82, 2.24) is 14.6 Å². The molecule has 0 fully saturated rings. The molecule has 0 unspecified atom stereocenters. The third-order valence-electron chi connectivity index (χ3n) is 3.19. The van der Waals surface area contributed by atoms with E-state index in [1.54, 1.807) is 10.7 Å². The SMILES string of the molecule is NCCc1ccc(CNc2ccn3nccc3n2)cc1. The third-order valence-corrected chi connectivity index (χ3v) is 3.19. The molecule has 0 aliphatic carbocycles. The smallest absolute Gasteiger partial charge is 0.157 e. The molecule has 0 atom stereocenters. The van der Waals surface area contributed by atoms with Crippen molar-refractivity contribution >= 4 is 11.5 Å². The van der Waals surface area contributed by atoms with Gasteiger partial charge in [0, 0.05) is 18.8 Å². The third kappa shape index (κ3) is 2.78. The van der Waals surface area contributed by atoms with E-state index in [1.807, 2.05) is 18.3 Å². The summed E-state index contributed by atoms with van der Waals surface area (Å²) in [6, 6.07) is 12.3. The van der Waals surface area contributed by atoms with Crippen LogP contribution in [0.3, 0.4) is 0 Å². The van der Waals surface area contributed by atoms with E-state index in [1.165, 1.54) is 11.1 Å². The number of nitrogens with one attached hydrogen (secondary N) is 1. The van der Waals surface area contributed by atoms with E-state index >= 15 is 0 Å². The summed E-state index contributed by atoms with van der Waals surface area (Å²) in [6.45, 7) is 1.44. The van der Waals surface area contributed by atoms with Crippen molar-refractivity contribution in [3.05, 3.63) is 59.9 Å². The van der Waals surface area contributed by atoms with Crippen LogP contribution in [0.15, 0.2) is 48.8 Å². The summed E-state index contributed by atoms with van der Waals surface area (Å²) < 4.78 is 1.74. The Kier molecular flexibility index (Phi) is 3.60. The molecule has 3 rings (SSSR count). The highest BCUT2D eigenvalue weighted by Crippen LogP contribution is 2.09.